The number of rotatable bonds is 12. The van der Waals surface area contributed by atoms with Crippen LogP contribution in [0.4, 0.5) is 11.4 Å². The van der Waals surface area contributed by atoms with E-state index in [0.717, 1.165) is 43.4 Å². The van der Waals surface area contributed by atoms with Gasteiger partial charge >= 0.3 is 59.1 Å². The molecule has 2 N–H and O–H groups in total. The van der Waals surface area contributed by atoms with Crippen molar-refractivity contribution in [1.82, 2.24) is 4.98 Å². The second kappa shape index (κ2) is 16.7. The summed E-state index contributed by atoms with van der Waals surface area (Å²) >= 11 is 0.375. The van der Waals surface area contributed by atoms with Gasteiger partial charge < -0.3 is 24.8 Å². The number of ketones is 1. The smallest absolute Gasteiger partial charge is 0.744 e. The summed E-state index contributed by atoms with van der Waals surface area (Å²) in [7, 11) is -4.85. The average Bonchev–Trinajstić information content (AvgIpc) is 3.05. The molecule has 15 heteroatoms. The third kappa shape index (κ3) is 8.19. The number of nitrogens with one attached hydrogen (secondary N) is 2. The van der Waals surface area contributed by atoms with Crippen LogP contribution >= 0.6 is 12.0 Å². The van der Waals surface area contributed by atoms with E-state index in [1.807, 2.05) is 24.3 Å². The van der Waals surface area contributed by atoms with Crippen molar-refractivity contribution in [2.45, 2.75) is 49.3 Å². The molecule has 11 nitrogen and oxygen atoms in total. The van der Waals surface area contributed by atoms with Crippen molar-refractivity contribution in [3.8, 4) is 22.6 Å². The molecule has 0 saturated carbocycles. The first-order chi connectivity index (χ1) is 22.6. The number of hydrogen-bond acceptors (Lipinski definition) is 11. The minimum atomic E-state index is -4.85. The fourth-order valence-electron chi connectivity index (χ4n) is 5.78. The molecular formula is C34H28N2Na2O9S2. The SMILES string of the molecule is CCCCCc1ccc(Oc2cc(Nc3ccc(S(=O)(=O)[O-])cc3SOO[O-])c3c4c(c(C)c(=O)[nH]c24)-c2ccccc2C3=O)cc1.[Na+].[Na+]. The number of aromatic nitrogens is 1. The van der Waals surface area contributed by atoms with Crippen molar-refractivity contribution >= 4 is 50.2 Å². The Labute approximate surface area is 331 Å². The zero-order chi connectivity index (χ0) is 33.3. The molecule has 0 amide bonds. The molecule has 1 heterocycles. The molecule has 0 aliphatic heterocycles. The Morgan fingerprint density at radius 2 is 1.61 bits per heavy atom. The van der Waals surface area contributed by atoms with Crippen LogP contribution in [0.2, 0.25) is 0 Å². The number of carbonyl (C=O) groups excluding carboxylic acids is 1. The van der Waals surface area contributed by atoms with Gasteiger partial charge in [-0.3, -0.25) is 14.6 Å². The first-order valence-corrected chi connectivity index (χ1v) is 16.9. The van der Waals surface area contributed by atoms with Crippen molar-refractivity contribution in [1.29, 1.82) is 0 Å². The predicted molar refractivity (Wildman–Crippen MR) is 174 cm³/mol. The van der Waals surface area contributed by atoms with Gasteiger partial charge in [-0.25, -0.2) is 8.42 Å². The minimum absolute atomic E-state index is 0. The molecule has 0 radical (unpaired) electrons. The van der Waals surface area contributed by atoms with Gasteiger partial charge in [-0.1, -0.05) is 56.2 Å². The Balaban J connectivity index is 0.00000270. The summed E-state index contributed by atoms with van der Waals surface area (Å²) in [4.78, 5) is 29.8. The Hall–Kier alpha value is -2.50. The van der Waals surface area contributed by atoms with Gasteiger partial charge in [0.2, 0.25) is 0 Å². The number of benzene rings is 4. The Bertz CT molecular complexity index is 2190. The normalized spacial score (nSPS) is 11.8. The van der Waals surface area contributed by atoms with Gasteiger partial charge in [-0.15, -0.1) is 0 Å². The third-order valence-electron chi connectivity index (χ3n) is 8.05. The second-order valence-corrected chi connectivity index (χ2v) is 13.2. The van der Waals surface area contributed by atoms with E-state index in [2.05, 4.69) is 26.6 Å². The van der Waals surface area contributed by atoms with E-state index in [-0.39, 0.29) is 98.0 Å². The molecule has 242 valence electrons. The van der Waals surface area contributed by atoms with Gasteiger partial charge in [0.25, 0.3) is 5.56 Å². The molecular weight excluding hydrogens is 690 g/mol. The molecule has 0 atom stereocenters. The third-order valence-corrected chi connectivity index (χ3v) is 9.52. The molecule has 0 bridgehead atoms. The number of hydrogen-bond donors (Lipinski definition) is 2. The van der Waals surface area contributed by atoms with Crippen LogP contribution in [0.15, 0.2) is 87.4 Å². The van der Waals surface area contributed by atoms with Crippen LogP contribution < -0.4 is 80.0 Å². The predicted octanol–water partition coefficient (Wildman–Crippen LogP) is 0.459. The molecule has 0 unspecified atom stereocenters. The van der Waals surface area contributed by atoms with Crippen LogP contribution in [-0.4, -0.2) is 23.7 Å². The van der Waals surface area contributed by atoms with Gasteiger partial charge in [0.15, 0.2) is 11.5 Å². The number of ether oxygens (including phenoxy) is 1. The van der Waals surface area contributed by atoms with E-state index in [4.69, 9.17) is 4.74 Å². The van der Waals surface area contributed by atoms with E-state index in [1.54, 1.807) is 37.3 Å². The summed E-state index contributed by atoms with van der Waals surface area (Å²) in [5, 5.41) is 17.7. The number of pyridine rings is 1. The van der Waals surface area contributed by atoms with Crippen molar-refractivity contribution in [2.24, 2.45) is 0 Å². The molecule has 5 aromatic rings. The molecule has 0 spiro atoms. The maximum Gasteiger partial charge on any atom is 1.00 e. The number of unbranched alkanes of at least 4 members (excludes halogenated alkanes) is 2. The summed E-state index contributed by atoms with van der Waals surface area (Å²) < 4.78 is 46.0. The van der Waals surface area contributed by atoms with Crippen LogP contribution in [-0.2, 0) is 25.9 Å². The zero-order valence-electron chi connectivity index (χ0n) is 27.2. The fourth-order valence-corrected chi connectivity index (χ4v) is 6.84. The molecule has 6 rings (SSSR count). The van der Waals surface area contributed by atoms with Gasteiger partial charge in [-0.05, 0) is 61.2 Å². The minimum Gasteiger partial charge on any atom is -0.744 e. The molecule has 0 saturated heterocycles. The van der Waals surface area contributed by atoms with Crippen LogP contribution in [0.5, 0.6) is 11.5 Å². The van der Waals surface area contributed by atoms with Crippen LogP contribution in [0.25, 0.3) is 22.0 Å². The number of aryl methyl sites for hydroxylation is 1. The molecule has 0 fully saturated rings. The summed E-state index contributed by atoms with van der Waals surface area (Å²) in [5.74, 6) is 0.406. The standard InChI is InChI=1S/C34H30N2O9S2.2Na/c1-3-4-5-8-20-11-13-21(14-12-20)43-27-18-26(35-25-16-15-22(47(40,41)42)17-28(25)46-45-44-39)30-31-29(19(2)34(38)36-32(27)31)23-9-6-7-10-24(23)33(30)37;;/h6-7,9-18,35,39H,3-5,8H2,1-2H3,(H,36,38)(H,40,41,42);;/q;2*+1/p-2. The summed E-state index contributed by atoms with van der Waals surface area (Å²) in [6.07, 6.45) is 4.26. The largest absolute Gasteiger partial charge is 1.00 e. The van der Waals surface area contributed by atoms with E-state index in [0.29, 0.717) is 50.9 Å². The fraction of sp³-hybridized carbons (Fsp3) is 0.176. The second-order valence-electron chi connectivity index (χ2n) is 11.0. The van der Waals surface area contributed by atoms with Crippen LogP contribution in [0.3, 0.4) is 0 Å². The number of anilines is 2. The average molecular weight is 719 g/mol. The summed E-state index contributed by atoms with van der Waals surface area (Å²) in [6.45, 7) is 3.83. The topological polar surface area (TPSA) is 170 Å². The maximum absolute atomic E-state index is 14.2. The first-order valence-electron chi connectivity index (χ1n) is 14.7. The van der Waals surface area contributed by atoms with Gasteiger partial charge in [-0.2, -0.15) is 4.33 Å². The number of H-pyrrole nitrogens is 1. The van der Waals surface area contributed by atoms with Gasteiger partial charge in [0.05, 0.1) is 44.3 Å². The first kappa shape index (κ1) is 39.3. The van der Waals surface area contributed by atoms with E-state index in [1.165, 1.54) is 6.07 Å². The van der Waals surface area contributed by atoms with Crippen LogP contribution in [0.1, 0.15) is 53.2 Å². The summed E-state index contributed by atoms with van der Waals surface area (Å²) in [6, 6.07) is 19.6. The van der Waals surface area contributed by atoms with E-state index < -0.39 is 15.0 Å². The molecule has 49 heavy (non-hydrogen) atoms. The Kier molecular flexibility index (Phi) is 13.4. The number of aromatic amines is 1. The molecule has 1 aromatic heterocycles. The quantitative estimate of drug-likeness (QED) is 0.0450. The van der Waals surface area contributed by atoms with Gasteiger partial charge in [0.1, 0.15) is 15.9 Å². The molecule has 4 aromatic carbocycles. The monoisotopic (exact) mass is 718 g/mol. The number of carbonyl (C=O) groups is 1. The van der Waals surface area contributed by atoms with Gasteiger partial charge in [0, 0.05) is 28.1 Å². The zero-order valence-corrected chi connectivity index (χ0v) is 32.9. The Morgan fingerprint density at radius 3 is 2.29 bits per heavy atom. The molecule has 1 aliphatic rings. The maximum atomic E-state index is 14.2. The van der Waals surface area contributed by atoms with Crippen molar-refractivity contribution < 1.29 is 96.2 Å². The summed E-state index contributed by atoms with van der Waals surface area (Å²) in [5.41, 5.74) is 3.75. The Morgan fingerprint density at radius 1 is 0.898 bits per heavy atom. The van der Waals surface area contributed by atoms with Crippen molar-refractivity contribution in [3.63, 3.8) is 0 Å². The van der Waals surface area contributed by atoms with E-state index >= 15 is 0 Å². The molecule has 1 aliphatic carbocycles. The van der Waals surface area contributed by atoms with E-state index in [9.17, 15) is 27.8 Å². The van der Waals surface area contributed by atoms with Crippen molar-refractivity contribution in [3.05, 3.63) is 105 Å². The van der Waals surface area contributed by atoms with Crippen molar-refractivity contribution in [2.75, 3.05) is 5.32 Å². The number of fused-ring (bicyclic) bond motifs is 2. The van der Waals surface area contributed by atoms with Crippen LogP contribution in [0, 0.1) is 6.92 Å².